The Bertz CT molecular complexity index is 1540. The molecule has 218 valence electrons. The molecule has 1 saturated heterocycles. The summed E-state index contributed by atoms with van der Waals surface area (Å²) in [4.78, 5) is 38.4. The first-order valence-corrected chi connectivity index (χ1v) is 14.2. The van der Waals surface area contributed by atoms with Gasteiger partial charge in [0, 0.05) is 44.1 Å². The standard InChI is InChI=1S/C30H35N9O3/c1-29(2,3)41-28(40)39-13-11-38(12-14-39)24-18-32-23(17-33-24)25-36-26(37-42-25)30(4,22-9-10-22)21-7-5-19(6-8-21)20-15-34-27(31)35-16-20/h5-8,15-18,22H,9-14H2,1-4H3,(H2,31,34,35). The molecule has 1 aromatic carbocycles. The number of nitrogens with zero attached hydrogens (tertiary/aromatic N) is 8. The van der Waals surface area contributed by atoms with Crippen LogP contribution in [0.4, 0.5) is 16.6 Å². The number of ether oxygens (including phenoxy) is 1. The highest BCUT2D eigenvalue weighted by Crippen LogP contribution is 2.50. The number of carbonyl (C=O) groups excluding carboxylic acids is 1. The van der Waals surface area contributed by atoms with Crippen molar-refractivity contribution in [3.63, 3.8) is 0 Å². The van der Waals surface area contributed by atoms with Gasteiger partial charge in [0.05, 0.1) is 17.8 Å². The lowest BCUT2D eigenvalue weighted by Gasteiger charge is -2.36. The van der Waals surface area contributed by atoms with Crippen LogP contribution in [0.15, 0.2) is 53.6 Å². The van der Waals surface area contributed by atoms with Crippen LogP contribution in [0, 0.1) is 5.92 Å². The summed E-state index contributed by atoms with van der Waals surface area (Å²) in [5.74, 6) is 2.37. The van der Waals surface area contributed by atoms with Gasteiger partial charge in [-0.3, -0.25) is 0 Å². The predicted octanol–water partition coefficient (Wildman–Crippen LogP) is 4.34. The van der Waals surface area contributed by atoms with Gasteiger partial charge in [0.25, 0.3) is 5.89 Å². The minimum absolute atomic E-state index is 0.252. The largest absolute Gasteiger partial charge is 0.444 e. The minimum Gasteiger partial charge on any atom is -0.444 e. The molecule has 42 heavy (non-hydrogen) atoms. The Hall–Kier alpha value is -4.61. The smallest absolute Gasteiger partial charge is 0.410 e. The average molecular weight is 570 g/mol. The number of hydrogen-bond donors (Lipinski definition) is 1. The van der Waals surface area contributed by atoms with Crippen molar-refractivity contribution in [2.75, 3.05) is 36.8 Å². The van der Waals surface area contributed by atoms with Gasteiger partial charge in [-0.2, -0.15) is 4.98 Å². The first kappa shape index (κ1) is 27.6. The molecule has 1 aliphatic heterocycles. The van der Waals surface area contributed by atoms with Gasteiger partial charge in [-0.15, -0.1) is 0 Å². The van der Waals surface area contributed by atoms with Crippen LogP contribution in [-0.2, 0) is 10.2 Å². The molecule has 1 saturated carbocycles. The second-order valence-corrected chi connectivity index (χ2v) is 12.0. The summed E-state index contributed by atoms with van der Waals surface area (Å²) in [6.07, 6.45) is 8.72. The van der Waals surface area contributed by atoms with E-state index in [1.807, 2.05) is 20.8 Å². The maximum atomic E-state index is 12.4. The molecular weight excluding hydrogens is 534 g/mol. The van der Waals surface area contributed by atoms with E-state index in [1.54, 1.807) is 29.7 Å². The van der Waals surface area contributed by atoms with E-state index in [4.69, 9.17) is 20.0 Å². The molecule has 3 aromatic heterocycles. The van der Waals surface area contributed by atoms with Crippen molar-refractivity contribution in [3.8, 4) is 22.7 Å². The van der Waals surface area contributed by atoms with E-state index >= 15 is 0 Å². The Labute approximate surface area is 244 Å². The highest BCUT2D eigenvalue weighted by atomic mass is 16.6. The van der Waals surface area contributed by atoms with E-state index in [0.29, 0.717) is 49.5 Å². The molecule has 2 N–H and O–H groups in total. The van der Waals surface area contributed by atoms with Gasteiger partial charge in [0.1, 0.15) is 17.1 Å². The lowest BCUT2D eigenvalue weighted by atomic mass is 9.77. The molecule has 6 rings (SSSR count). The van der Waals surface area contributed by atoms with Gasteiger partial charge in [-0.05, 0) is 57.6 Å². The third-order valence-electron chi connectivity index (χ3n) is 7.89. The van der Waals surface area contributed by atoms with Gasteiger partial charge in [-0.25, -0.2) is 24.7 Å². The number of anilines is 2. The number of nitrogens with two attached hydrogens (primary N) is 1. The number of hydrogen-bond acceptors (Lipinski definition) is 11. The SMILES string of the molecule is CC(C)(C)OC(=O)N1CCN(c2cnc(-c3nc(C(C)(c4ccc(-c5cnc(N)nc5)cc4)C4CC4)no3)cn2)CC1. The zero-order valence-electron chi connectivity index (χ0n) is 24.3. The number of amides is 1. The van der Waals surface area contributed by atoms with Crippen LogP contribution >= 0.6 is 0 Å². The van der Waals surface area contributed by atoms with Crippen molar-refractivity contribution >= 4 is 17.9 Å². The van der Waals surface area contributed by atoms with Crippen molar-refractivity contribution in [2.24, 2.45) is 5.92 Å². The fourth-order valence-corrected chi connectivity index (χ4v) is 5.28. The van der Waals surface area contributed by atoms with Gasteiger partial charge in [0.15, 0.2) is 5.82 Å². The molecule has 12 heteroatoms. The number of benzene rings is 1. The molecular formula is C30H35N9O3. The van der Waals surface area contributed by atoms with Gasteiger partial charge in [0.2, 0.25) is 5.95 Å². The van der Waals surface area contributed by atoms with Crippen molar-refractivity contribution < 1.29 is 14.1 Å². The van der Waals surface area contributed by atoms with Gasteiger partial charge >= 0.3 is 6.09 Å². The van der Waals surface area contributed by atoms with Crippen LogP contribution < -0.4 is 10.6 Å². The molecule has 0 bridgehead atoms. The maximum Gasteiger partial charge on any atom is 0.410 e. The summed E-state index contributed by atoms with van der Waals surface area (Å²) in [6, 6.07) is 8.33. The van der Waals surface area contributed by atoms with E-state index in [1.165, 1.54) is 0 Å². The Morgan fingerprint density at radius 2 is 1.60 bits per heavy atom. The lowest BCUT2D eigenvalue weighted by molar-refractivity contribution is 0.0240. The topological polar surface area (TPSA) is 149 Å². The zero-order chi connectivity index (χ0) is 29.5. The summed E-state index contributed by atoms with van der Waals surface area (Å²) in [6.45, 7) is 10.2. The highest BCUT2D eigenvalue weighted by molar-refractivity contribution is 5.68. The molecule has 2 fully saturated rings. The second-order valence-electron chi connectivity index (χ2n) is 12.0. The molecule has 12 nitrogen and oxygen atoms in total. The molecule has 4 aromatic rings. The zero-order valence-corrected chi connectivity index (χ0v) is 24.3. The maximum absolute atomic E-state index is 12.4. The van der Waals surface area contributed by atoms with E-state index in [9.17, 15) is 4.79 Å². The fourth-order valence-electron chi connectivity index (χ4n) is 5.28. The first-order chi connectivity index (χ1) is 20.1. The summed E-state index contributed by atoms with van der Waals surface area (Å²) in [5, 5.41) is 4.41. The summed E-state index contributed by atoms with van der Waals surface area (Å²) in [5.41, 5.74) is 8.25. The van der Waals surface area contributed by atoms with E-state index in [0.717, 1.165) is 35.3 Å². The summed E-state index contributed by atoms with van der Waals surface area (Å²) < 4.78 is 11.2. The molecule has 0 spiro atoms. The van der Waals surface area contributed by atoms with Crippen LogP contribution in [0.5, 0.6) is 0 Å². The molecule has 4 heterocycles. The number of nitrogen functional groups attached to an aromatic ring is 1. The van der Waals surface area contributed by atoms with Crippen molar-refractivity contribution in [1.29, 1.82) is 0 Å². The molecule has 0 radical (unpaired) electrons. The van der Waals surface area contributed by atoms with Crippen LogP contribution in [0.3, 0.4) is 0 Å². The Kier molecular flexibility index (Phi) is 6.99. The highest BCUT2D eigenvalue weighted by Gasteiger charge is 2.47. The Morgan fingerprint density at radius 3 is 2.19 bits per heavy atom. The van der Waals surface area contributed by atoms with Crippen molar-refractivity contribution in [2.45, 2.75) is 51.6 Å². The predicted molar refractivity (Wildman–Crippen MR) is 156 cm³/mol. The summed E-state index contributed by atoms with van der Waals surface area (Å²) >= 11 is 0. The average Bonchev–Trinajstić information content (AvgIpc) is 3.73. The van der Waals surface area contributed by atoms with Crippen LogP contribution in [0.25, 0.3) is 22.7 Å². The Morgan fingerprint density at radius 1 is 0.905 bits per heavy atom. The van der Waals surface area contributed by atoms with E-state index in [2.05, 4.69) is 61.2 Å². The van der Waals surface area contributed by atoms with Crippen molar-refractivity contribution in [3.05, 3.63) is 60.4 Å². The van der Waals surface area contributed by atoms with Crippen LogP contribution in [0.2, 0.25) is 0 Å². The third-order valence-corrected chi connectivity index (χ3v) is 7.89. The second kappa shape index (κ2) is 10.7. The minimum atomic E-state index is -0.515. The van der Waals surface area contributed by atoms with Crippen molar-refractivity contribution in [1.82, 2.24) is 35.0 Å². The quantitative estimate of drug-likeness (QED) is 0.353. The van der Waals surface area contributed by atoms with Crippen LogP contribution in [-0.4, -0.2) is 72.8 Å². The normalized spacial score (nSPS) is 17.1. The molecule has 2 aliphatic rings. The number of carbonyl (C=O) groups is 1. The molecule has 1 aliphatic carbocycles. The van der Waals surface area contributed by atoms with Gasteiger partial charge in [-0.1, -0.05) is 29.4 Å². The first-order valence-electron chi connectivity index (χ1n) is 14.2. The molecule has 1 amide bonds. The van der Waals surface area contributed by atoms with Gasteiger partial charge < -0.3 is 24.8 Å². The number of aromatic nitrogens is 6. The van der Waals surface area contributed by atoms with Crippen LogP contribution in [0.1, 0.15) is 51.9 Å². The number of rotatable bonds is 6. The number of piperazine rings is 1. The monoisotopic (exact) mass is 569 g/mol. The third kappa shape index (κ3) is 5.61. The summed E-state index contributed by atoms with van der Waals surface area (Å²) in [7, 11) is 0. The molecule has 1 unspecified atom stereocenters. The molecule has 1 atom stereocenters. The lowest BCUT2D eigenvalue weighted by Crippen LogP contribution is -2.50. The fraction of sp³-hybridized carbons (Fsp3) is 0.433. The Balaban J connectivity index is 1.15. The van der Waals surface area contributed by atoms with E-state index in [-0.39, 0.29) is 12.0 Å². The van der Waals surface area contributed by atoms with E-state index < -0.39 is 11.0 Å².